The molecular formula is C26H29N2O6P. The third-order valence-electron chi connectivity index (χ3n) is 5.76. The normalized spacial score (nSPS) is 11.5. The van der Waals surface area contributed by atoms with Crippen molar-refractivity contribution in [2.24, 2.45) is 0 Å². The van der Waals surface area contributed by atoms with Gasteiger partial charge >= 0.3 is 7.60 Å². The number of methoxy groups -OCH3 is 2. The number of rotatable bonds is 11. The molecule has 0 saturated carbocycles. The molecule has 0 bridgehead atoms. The first-order valence-corrected chi connectivity index (χ1v) is 12.7. The van der Waals surface area contributed by atoms with E-state index in [2.05, 4.69) is 28.5 Å². The molecule has 3 aromatic carbocycles. The number of nitrogens with one attached hydrogen (secondary N) is 1. The first-order chi connectivity index (χ1) is 17.0. The third-order valence-corrected chi connectivity index (χ3v) is 7.55. The van der Waals surface area contributed by atoms with E-state index < -0.39 is 7.60 Å². The van der Waals surface area contributed by atoms with Crippen molar-refractivity contribution in [3.05, 3.63) is 77.7 Å². The van der Waals surface area contributed by atoms with Crippen LogP contribution in [0, 0.1) is 0 Å². The SMILES string of the molecule is COc1ccc(CCNc2oc(Cc3cccc4ccccc34)nc2P(=O)(OC)OC)cc1OC. The van der Waals surface area contributed by atoms with Crippen LogP contribution in [0.5, 0.6) is 11.5 Å². The highest BCUT2D eigenvalue weighted by Gasteiger charge is 2.34. The lowest BCUT2D eigenvalue weighted by Crippen LogP contribution is -2.16. The van der Waals surface area contributed by atoms with E-state index in [4.69, 9.17) is 22.9 Å². The second kappa shape index (κ2) is 11.0. The minimum atomic E-state index is -3.64. The highest BCUT2D eigenvalue weighted by molar-refractivity contribution is 7.62. The minimum absolute atomic E-state index is 0.130. The Hall–Kier alpha value is -3.32. The second-order valence-corrected chi connectivity index (χ2v) is 9.95. The molecule has 0 radical (unpaired) electrons. The maximum Gasteiger partial charge on any atom is 0.384 e. The van der Waals surface area contributed by atoms with Crippen LogP contribution < -0.4 is 20.2 Å². The average molecular weight is 497 g/mol. The number of nitrogens with zero attached hydrogens (tertiary/aromatic N) is 1. The molecular weight excluding hydrogens is 467 g/mol. The quantitative estimate of drug-likeness (QED) is 0.283. The minimum Gasteiger partial charge on any atom is -0.493 e. The summed E-state index contributed by atoms with van der Waals surface area (Å²) in [4.78, 5) is 4.52. The van der Waals surface area contributed by atoms with Gasteiger partial charge in [0.1, 0.15) is 0 Å². The predicted octanol–water partition coefficient (Wildman–Crippen LogP) is 5.20. The van der Waals surface area contributed by atoms with Gasteiger partial charge in [-0.3, -0.25) is 4.57 Å². The van der Waals surface area contributed by atoms with Crippen LogP contribution in [0.2, 0.25) is 0 Å². The average Bonchev–Trinajstić information content (AvgIpc) is 3.31. The van der Waals surface area contributed by atoms with Gasteiger partial charge in [0.15, 0.2) is 11.5 Å². The zero-order valence-electron chi connectivity index (χ0n) is 20.2. The van der Waals surface area contributed by atoms with Crippen LogP contribution in [0.15, 0.2) is 65.1 Å². The Morgan fingerprint density at radius 1 is 0.914 bits per heavy atom. The van der Waals surface area contributed by atoms with Crippen molar-refractivity contribution < 1.29 is 27.5 Å². The van der Waals surface area contributed by atoms with E-state index in [-0.39, 0.29) is 11.3 Å². The van der Waals surface area contributed by atoms with Crippen molar-refractivity contribution in [3.8, 4) is 11.5 Å². The molecule has 0 aliphatic heterocycles. The van der Waals surface area contributed by atoms with E-state index in [1.807, 2.05) is 42.5 Å². The van der Waals surface area contributed by atoms with Crippen LogP contribution in [0.3, 0.4) is 0 Å². The van der Waals surface area contributed by atoms with Gasteiger partial charge in [-0.15, -0.1) is 0 Å². The molecule has 184 valence electrons. The molecule has 1 aromatic heterocycles. The van der Waals surface area contributed by atoms with Crippen LogP contribution in [-0.2, 0) is 26.5 Å². The second-order valence-electron chi connectivity index (χ2n) is 7.80. The summed E-state index contributed by atoms with van der Waals surface area (Å²) < 4.78 is 40.3. The molecule has 0 fully saturated rings. The van der Waals surface area contributed by atoms with E-state index >= 15 is 0 Å². The number of aromatic nitrogens is 1. The summed E-state index contributed by atoms with van der Waals surface area (Å²) in [7, 11) is 2.22. The van der Waals surface area contributed by atoms with Crippen LogP contribution in [0.1, 0.15) is 17.0 Å². The number of hydrogen-bond donors (Lipinski definition) is 1. The topological polar surface area (TPSA) is 92.1 Å². The Morgan fingerprint density at radius 2 is 1.66 bits per heavy atom. The molecule has 9 heteroatoms. The van der Waals surface area contributed by atoms with Gasteiger partial charge in [0.25, 0.3) is 0 Å². The number of benzene rings is 3. The summed E-state index contributed by atoms with van der Waals surface area (Å²) in [6.07, 6.45) is 1.09. The molecule has 8 nitrogen and oxygen atoms in total. The molecule has 4 rings (SSSR count). The van der Waals surface area contributed by atoms with Crippen molar-refractivity contribution >= 4 is 29.7 Å². The van der Waals surface area contributed by atoms with Gasteiger partial charge in [0.05, 0.1) is 20.6 Å². The monoisotopic (exact) mass is 496 g/mol. The van der Waals surface area contributed by atoms with Gasteiger partial charge in [0.2, 0.25) is 17.2 Å². The van der Waals surface area contributed by atoms with E-state index in [1.54, 1.807) is 14.2 Å². The van der Waals surface area contributed by atoms with Crippen molar-refractivity contribution in [3.63, 3.8) is 0 Å². The number of anilines is 1. The van der Waals surface area contributed by atoms with Gasteiger partial charge in [-0.05, 0) is 40.5 Å². The fourth-order valence-corrected chi connectivity index (χ4v) is 5.05. The summed E-state index contributed by atoms with van der Waals surface area (Å²) >= 11 is 0. The summed E-state index contributed by atoms with van der Waals surface area (Å²) in [5, 5.41) is 5.45. The zero-order chi connectivity index (χ0) is 24.8. The van der Waals surface area contributed by atoms with E-state index in [0.717, 1.165) is 21.9 Å². The maximum absolute atomic E-state index is 13.2. The fourth-order valence-electron chi connectivity index (χ4n) is 3.95. The molecule has 1 heterocycles. The number of hydrogen-bond acceptors (Lipinski definition) is 8. The van der Waals surface area contributed by atoms with Crippen molar-refractivity contribution in [1.29, 1.82) is 0 Å². The Labute approximate surface area is 204 Å². The van der Waals surface area contributed by atoms with Gasteiger partial charge in [-0.1, -0.05) is 48.5 Å². The zero-order valence-corrected chi connectivity index (χ0v) is 21.1. The summed E-state index contributed by atoms with van der Waals surface area (Å²) in [6, 6.07) is 20.0. The molecule has 0 spiro atoms. The third kappa shape index (κ3) is 5.35. The van der Waals surface area contributed by atoms with E-state index in [9.17, 15) is 4.57 Å². The Kier molecular flexibility index (Phi) is 7.76. The highest BCUT2D eigenvalue weighted by atomic mass is 31.2. The lowest BCUT2D eigenvalue weighted by atomic mass is 10.0. The largest absolute Gasteiger partial charge is 0.493 e. The predicted molar refractivity (Wildman–Crippen MR) is 136 cm³/mol. The van der Waals surface area contributed by atoms with Crippen molar-refractivity contribution in [1.82, 2.24) is 4.98 Å². The summed E-state index contributed by atoms with van der Waals surface area (Å²) in [5.74, 6) is 2.01. The van der Waals surface area contributed by atoms with Crippen LogP contribution in [-0.4, -0.2) is 40.0 Å². The smallest absolute Gasteiger partial charge is 0.384 e. The molecule has 0 atom stereocenters. The molecule has 1 N–H and O–H groups in total. The lowest BCUT2D eigenvalue weighted by molar-refractivity contribution is 0.286. The van der Waals surface area contributed by atoms with Crippen LogP contribution in [0.25, 0.3) is 10.8 Å². The van der Waals surface area contributed by atoms with Gasteiger partial charge in [0, 0.05) is 20.8 Å². The Balaban J connectivity index is 1.58. The van der Waals surface area contributed by atoms with Crippen LogP contribution in [0.4, 0.5) is 5.88 Å². The highest BCUT2D eigenvalue weighted by Crippen LogP contribution is 2.47. The maximum atomic E-state index is 13.2. The fraction of sp³-hybridized carbons (Fsp3) is 0.269. The van der Waals surface area contributed by atoms with Crippen molar-refractivity contribution in [2.45, 2.75) is 12.8 Å². The standard InChI is InChI=1S/C26H29N2O6P/c1-30-22-13-12-18(16-23(22)31-2)14-15-27-25-26(35(29,32-3)33-4)28-24(34-25)17-20-10-7-9-19-8-5-6-11-21(19)20/h5-13,16,27H,14-15,17H2,1-4H3. The van der Waals surface area contributed by atoms with Gasteiger partial charge in [-0.2, -0.15) is 0 Å². The summed E-state index contributed by atoms with van der Waals surface area (Å²) in [5.41, 5.74) is 2.22. The molecule has 0 saturated heterocycles. The first kappa shape index (κ1) is 24.8. The van der Waals surface area contributed by atoms with Crippen LogP contribution >= 0.6 is 7.60 Å². The number of ether oxygens (including phenoxy) is 2. The molecule has 0 aliphatic rings. The molecule has 0 unspecified atom stereocenters. The first-order valence-electron chi connectivity index (χ1n) is 11.1. The Bertz CT molecular complexity index is 1340. The van der Waals surface area contributed by atoms with E-state index in [1.165, 1.54) is 14.2 Å². The number of fused-ring (bicyclic) bond motifs is 1. The lowest BCUT2D eigenvalue weighted by Gasteiger charge is -2.13. The molecule has 0 aliphatic carbocycles. The summed E-state index contributed by atoms with van der Waals surface area (Å²) in [6.45, 7) is 0.499. The molecule has 0 amide bonds. The molecule has 35 heavy (non-hydrogen) atoms. The Morgan fingerprint density at radius 3 is 2.40 bits per heavy atom. The van der Waals surface area contributed by atoms with Gasteiger partial charge in [-0.25, -0.2) is 4.98 Å². The van der Waals surface area contributed by atoms with E-state index in [0.29, 0.717) is 36.8 Å². The molecule has 4 aromatic rings. The number of oxazole rings is 1. The van der Waals surface area contributed by atoms with Crippen molar-refractivity contribution in [2.75, 3.05) is 40.3 Å². The van der Waals surface area contributed by atoms with Gasteiger partial charge < -0.3 is 28.3 Å².